The molecular formula is C11H18O3. The van der Waals surface area contributed by atoms with Gasteiger partial charge in [0.05, 0.1) is 12.9 Å². The Hall–Kier alpha value is -0.540. The maximum Gasteiger partial charge on any atom is 0.157 e. The van der Waals surface area contributed by atoms with E-state index in [1.807, 2.05) is 6.08 Å². The van der Waals surface area contributed by atoms with Crippen molar-refractivity contribution in [1.29, 1.82) is 0 Å². The van der Waals surface area contributed by atoms with Crippen molar-refractivity contribution in [2.45, 2.75) is 44.5 Å². The van der Waals surface area contributed by atoms with Crippen molar-refractivity contribution in [3.8, 4) is 0 Å². The van der Waals surface area contributed by atoms with Crippen LogP contribution in [0.2, 0.25) is 0 Å². The second kappa shape index (κ2) is 5.37. The third-order valence-corrected chi connectivity index (χ3v) is 2.63. The quantitative estimate of drug-likeness (QED) is 0.696. The summed E-state index contributed by atoms with van der Waals surface area (Å²) in [6.07, 6.45) is 9.64. The van der Waals surface area contributed by atoms with Gasteiger partial charge in [-0.25, -0.2) is 0 Å². The van der Waals surface area contributed by atoms with Crippen LogP contribution in [0.15, 0.2) is 12.3 Å². The highest BCUT2D eigenvalue weighted by atomic mass is 16.7. The van der Waals surface area contributed by atoms with Gasteiger partial charge in [0.25, 0.3) is 0 Å². The highest BCUT2D eigenvalue weighted by Crippen LogP contribution is 2.16. The van der Waals surface area contributed by atoms with Crippen molar-refractivity contribution < 1.29 is 14.2 Å². The molecule has 0 bridgehead atoms. The van der Waals surface area contributed by atoms with Gasteiger partial charge >= 0.3 is 0 Å². The molecule has 2 rings (SSSR count). The van der Waals surface area contributed by atoms with Crippen LogP contribution in [-0.4, -0.2) is 25.6 Å². The fraction of sp³-hybridized carbons (Fsp3) is 0.818. The molecule has 3 nitrogen and oxygen atoms in total. The summed E-state index contributed by atoms with van der Waals surface area (Å²) in [5, 5.41) is 0. The number of rotatable bonds is 3. The van der Waals surface area contributed by atoms with Crippen LogP contribution in [-0.2, 0) is 14.2 Å². The van der Waals surface area contributed by atoms with Crippen LogP contribution in [0.4, 0.5) is 0 Å². The zero-order valence-corrected chi connectivity index (χ0v) is 8.48. The number of ether oxygens (including phenoxy) is 3. The van der Waals surface area contributed by atoms with Gasteiger partial charge in [-0.2, -0.15) is 0 Å². The molecule has 0 saturated carbocycles. The first-order valence-electron chi connectivity index (χ1n) is 5.49. The number of allylic oxidation sites excluding steroid dienone is 1. The van der Waals surface area contributed by atoms with Gasteiger partial charge in [0.15, 0.2) is 6.29 Å². The van der Waals surface area contributed by atoms with E-state index in [0.29, 0.717) is 6.61 Å². The molecule has 1 fully saturated rings. The van der Waals surface area contributed by atoms with Crippen LogP contribution < -0.4 is 0 Å². The smallest absolute Gasteiger partial charge is 0.157 e. The minimum absolute atomic E-state index is 0.0123. The van der Waals surface area contributed by atoms with Crippen molar-refractivity contribution in [1.82, 2.24) is 0 Å². The fourth-order valence-electron chi connectivity index (χ4n) is 1.76. The van der Waals surface area contributed by atoms with E-state index in [1.165, 1.54) is 12.8 Å². The molecular weight excluding hydrogens is 180 g/mol. The summed E-state index contributed by atoms with van der Waals surface area (Å²) in [7, 11) is 0. The molecule has 0 radical (unpaired) electrons. The van der Waals surface area contributed by atoms with E-state index in [1.54, 1.807) is 6.26 Å². The average molecular weight is 198 g/mol. The lowest BCUT2D eigenvalue weighted by atomic mass is 10.2. The molecule has 0 spiro atoms. The molecule has 80 valence electrons. The molecule has 2 atom stereocenters. The lowest BCUT2D eigenvalue weighted by Gasteiger charge is -2.26. The number of hydrogen-bond acceptors (Lipinski definition) is 3. The minimum Gasteiger partial charge on any atom is -0.496 e. The minimum atomic E-state index is 0.0123. The molecule has 0 aliphatic carbocycles. The van der Waals surface area contributed by atoms with Crippen molar-refractivity contribution in [3.63, 3.8) is 0 Å². The topological polar surface area (TPSA) is 27.7 Å². The van der Waals surface area contributed by atoms with Crippen LogP contribution in [0.1, 0.15) is 32.1 Å². The zero-order valence-electron chi connectivity index (χ0n) is 8.48. The summed E-state index contributed by atoms with van der Waals surface area (Å²) in [5.41, 5.74) is 0. The van der Waals surface area contributed by atoms with Crippen molar-refractivity contribution in [2.24, 2.45) is 0 Å². The number of hydrogen-bond donors (Lipinski definition) is 0. The molecule has 2 unspecified atom stereocenters. The Balaban J connectivity index is 1.63. The Morgan fingerprint density at radius 1 is 1.29 bits per heavy atom. The molecule has 1 saturated heterocycles. The van der Waals surface area contributed by atoms with Gasteiger partial charge in [-0.15, -0.1) is 0 Å². The lowest BCUT2D eigenvalue weighted by Crippen LogP contribution is -2.28. The molecule has 0 aromatic carbocycles. The van der Waals surface area contributed by atoms with E-state index in [4.69, 9.17) is 14.2 Å². The van der Waals surface area contributed by atoms with Gasteiger partial charge in [0, 0.05) is 6.61 Å². The van der Waals surface area contributed by atoms with Gasteiger partial charge in [-0.3, -0.25) is 0 Å². The lowest BCUT2D eigenvalue weighted by molar-refractivity contribution is -0.176. The second-order valence-electron chi connectivity index (χ2n) is 3.84. The predicted octanol–water partition coefficient (Wildman–Crippen LogP) is 2.22. The Morgan fingerprint density at radius 3 is 3.00 bits per heavy atom. The molecule has 2 aliphatic rings. The Kier molecular flexibility index (Phi) is 3.83. The second-order valence-corrected chi connectivity index (χ2v) is 3.84. The summed E-state index contributed by atoms with van der Waals surface area (Å²) in [5.74, 6) is 0. The van der Waals surface area contributed by atoms with Crippen LogP contribution in [0.25, 0.3) is 0 Å². The summed E-state index contributed by atoms with van der Waals surface area (Å²) >= 11 is 0. The zero-order chi connectivity index (χ0) is 9.64. The van der Waals surface area contributed by atoms with E-state index < -0.39 is 0 Å². The monoisotopic (exact) mass is 198 g/mol. The fourth-order valence-corrected chi connectivity index (χ4v) is 1.76. The first-order valence-corrected chi connectivity index (χ1v) is 5.49. The summed E-state index contributed by atoms with van der Waals surface area (Å²) in [4.78, 5) is 0. The Morgan fingerprint density at radius 2 is 2.29 bits per heavy atom. The van der Waals surface area contributed by atoms with Gasteiger partial charge in [-0.1, -0.05) is 0 Å². The van der Waals surface area contributed by atoms with Gasteiger partial charge < -0.3 is 14.2 Å². The molecule has 2 aliphatic heterocycles. The molecule has 0 aromatic rings. The molecule has 0 aromatic heterocycles. The van der Waals surface area contributed by atoms with Gasteiger partial charge in [0.1, 0.15) is 6.10 Å². The first kappa shape index (κ1) is 9.99. The van der Waals surface area contributed by atoms with E-state index >= 15 is 0 Å². The van der Waals surface area contributed by atoms with Crippen LogP contribution in [0.5, 0.6) is 0 Å². The largest absolute Gasteiger partial charge is 0.496 e. The van der Waals surface area contributed by atoms with E-state index in [-0.39, 0.29) is 12.4 Å². The molecule has 0 N–H and O–H groups in total. The van der Waals surface area contributed by atoms with Crippen LogP contribution >= 0.6 is 0 Å². The van der Waals surface area contributed by atoms with E-state index in [2.05, 4.69) is 0 Å². The molecule has 2 heterocycles. The van der Waals surface area contributed by atoms with Crippen molar-refractivity contribution in [3.05, 3.63) is 12.3 Å². The van der Waals surface area contributed by atoms with Crippen LogP contribution in [0, 0.1) is 0 Å². The van der Waals surface area contributed by atoms with Gasteiger partial charge in [0.2, 0.25) is 0 Å². The third-order valence-electron chi connectivity index (χ3n) is 2.63. The Labute approximate surface area is 85.0 Å². The summed E-state index contributed by atoms with van der Waals surface area (Å²) in [6, 6.07) is 0. The third kappa shape index (κ3) is 3.00. The Bertz CT molecular complexity index is 185. The van der Waals surface area contributed by atoms with Gasteiger partial charge in [-0.05, 0) is 38.2 Å². The van der Waals surface area contributed by atoms with E-state index in [0.717, 1.165) is 25.9 Å². The summed E-state index contributed by atoms with van der Waals surface area (Å²) in [6.45, 7) is 1.51. The summed E-state index contributed by atoms with van der Waals surface area (Å²) < 4.78 is 16.5. The maximum atomic E-state index is 5.64. The van der Waals surface area contributed by atoms with E-state index in [9.17, 15) is 0 Å². The van der Waals surface area contributed by atoms with Crippen molar-refractivity contribution >= 4 is 0 Å². The normalized spacial score (nSPS) is 32.6. The van der Waals surface area contributed by atoms with Crippen molar-refractivity contribution in [2.75, 3.05) is 13.2 Å². The standard InChI is InChI=1S/C11H18O3/c1-3-7-12-10(5-1)9-14-11-6-2-4-8-13-11/h3,7,10-11H,1-2,4-6,8-9H2. The SMILES string of the molecule is C1=COC(COC2CCCCO2)CC1. The van der Waals surface area contributed by atoms with Crippen LogP contribution in [0.3, 0.4) is 0 Å². The maximum absolute atomic E-state index is 5.64. The first-order chi connectivity index (χ1) is 6.95. The molecule has 3 heteroatoms. The highest BCUT2D eigenvalue weighted by molar-refractivity contribution is 4.82. The molecule has 14 heavy (non-hydrogen) atoms. The average Bonchev–Trinajstić information content (AvgIpc) is 2.29. The predicted molar refractivity (Wildman–Crippen MR) is 52.8 cm³/mol. The molecule has 0 amide bonds. The highest BCUT2D eigenvalue weighted by Gasteiger charge is 2.17.